The smallest absolute Gasteiger partial charge is 0.257 e. The van der Waals surface area contributed by atoms with Crippen molar-refractivity contribution in [3.8, 4) is 23.0 Å². The Morgan fingerprint density at radius 2 is 1.87 bits per heavy atom. The summed E-state index contributed by atoms with van der Waals surface area (Å²) in [4.78, 5) is 25.7. The van der Waals surface area contributed by atoms with E-state index >= 15 is 0 Å². The highest BCUT2D eigenvalue weighted by Gasteiger charge is 2.24. The predicted octanol–water partition coefficient (Wildman–Crippen LogP) is 4.98. The molecule has 0 spiro atoms. The average Bonchev–Trinajstić information content (AvgIpc) is 3.56. The molecule has 4 aromatic heterocycles. The molecule has 39 heavy (non-hydrogen) atoms. The van der Waals surface area contributed by atoms with Crippen LogP contribution in [-0.2, 0) is 7.05 Å². The number of nitrogen functional groups attached to an aromatic ring is 1. The lowest BCUT2D eigenvalue weighted by Gasteiger charge is -2.17. The summed E-state index contributed by atoms with van der Waals surface area (Å²) in [5.41, 5.74) is 12.4. The maximum absolute atomic E-state index is 13.5. The Morgan fingerprint density at radius 1 is 1.03 bits per heavy atom. The zero-order chi connectivity index (χ0) is 26.9. The van der Waals surface area contributed by atoms with Gasteiger partial charge in [-0.15, -0.1) is 0 Å². The molecule has 0 fully saturated rings. The number of amides is 1. The number of pyridine rings is 2. The van der Waals surface area contributed by atoms with Gasteiger partial charge in [-0.05, 0) is 36.8 Å². The number of hydrogen-bond acceptors (Lipinski definition) is 5. The number of nitrogens with zero attached hydrogens (tertiary/aromatic N) is 4. The molecule has 0 radical (unpaired) electrons. The van der Waals surface area contributed by atoms with Crippen LogP contribution in [0.5, 0.6) is 0 Å². The van der Waals surface area contributed by atoms with Gasteiger partial charge in [0.1, 0.15) is 11.4 Å². The van der Waals surface area contributed by atoms with Crippen LogP contribution < -0.4 is 11.1 Å². The van der Waals surface area contributed by atoms with Crippen LogP contribution in [0.2, 0.25) is 0 Å². The number of benzene rings is 2. The maximum atomic E-state index is 13.5. The molecule has 2 aromatic carbocycles. The fourth-order valence-corrected chi connectivity index (χ4v) is 4.85. The van der Waals surface area contributed by atoms with Crippen molar-refractivity contribution in [3.05, 3.63) is 108 Å². The predicted molar refractivity (Wildman–Crippen MR) is 153 cm³/mol. The maximum Gasteiger partial charge on any atom is 0.257 e. The number of hydrogen-bond donors (Lipinski definition) is 3. The Morgan fingerprint density at radius 3 is 2.67 bits per heavy atom. The van der Waals surface area contributed by atoms with Gasteiger partial charge in [0.2, 0.25) is 0 Å². The van der Waals surface area contributed by atoms with Gasteiger partial charge in [-0.2, -0.15) is 5.10 Å². The van der Waals surface area contributed by atoms with Gasteiger partial charge >= 0.3 is 0 Å². The number of carbonyl (C=O) groups is 1. The van der Waals surface area contributed by atoms with Gasteiger partial charge < -0.3 is 16.0 Å². The molecule has 0 aliphatic carbocycles. The summed E-state index contributed by atoms with van der Waals surface area (Å²) in [6, 6.07) is 19.4. The molecule has 8 nitrogen and oxygen atoms in total. The fraction of sp³-hybridized carbons (Fsp3) is 0.0968. The number of nitrogens with two attached hydrogens (primary N) is 1. The summed E-state index contributed by atoms with van der Waals surface area (Å²) in [5.74, 6) is 6.35. The summed E-state index contributed by atoms with van der Waals surface area (Å²) < 4.78 is 1.73. The van der Waals surface area contributed by atoms with E-state index in [-0.39, 0.29) is 17.3 Å². The SMILES string of the molecule is CC(NC(=O)c1c(N)ncc2cccnc12)c1[nH]c2cccc(C#Cc3cnn(C)c3)c2c1-c1ccccc1. The highest BCUT2D eigenvalue weighted by molar-refractivity contribution is 6.09. The summed E-state index contributed by atoms with van der Waals surface area (Å²) in [6.45, 7) is 1.94. The normalized spacial score (nSPS) is 11.7. The van der Waals surface area contributed by atoms with Crippen LogP contribution in [0.3, 0.4) is 0 Å². The van der Waals surface area contributed by atoms with E-state index in [1.54, 1.807) is 29.3 Å². The average molecular weight is 512 g/mol. The van der Waals surface area contributed by atoms with Gasteiger partial charge in [-0.3, -0.25) is 14.5 Å². The number of fused-ring (bicyclic) bond motifs is 2. The van der Waals surface area contributed by atoms with E-state index < -0.39 is 6.04 Å². The largest absolute Gasteiger partial charge is 0.383 e. The van der Waals surface area contributed by atoms with Crippen molar-refractivity contribution in [1.29, 1.82) is 0 Å². The number of carbonyl (C=O) groups excluding carboxylic acids is 1. The topological polar surface area (TPSA) is 115 Å². The van der Waals surface area contributed by atoms with Gasteiger partial charge in [-0.1, -0.05) is 48.2 Å². The summed E-state index contributed by atoms with van der Waals surface area (Å²) in [7, 11) is 1.87. The van der Waals surface area contributed by atoms with Crippen molar-refractivity contribution >= 4 is 33.5 Å². The Bertz CT molecular complexity index is 1910. The van der Waals surface area contributed by atoms with Crippen LogP contribution in [0.4, 0.5) is 5.82 Å². The van der Waals surface area contributed by atoms with E-state index in [1.807, 2.05) is 62.6 Å². The van der Waals surface area contributed by atoms with Crippen molar-refractivity contribution in [3.63, 3.8) is 0 Å². The lowest BCUT2D eigenvalue weighted by atomic mass is 9.96. The molecule has 0 saturated carbocycles. The lowest BCUT2D eigenvalue weighted by Crippen LogP contribution is -2.28. The van der Waals surface area contributed by atoms with Crippen molar-refractivity contribution in [1.82, 2.24) is 30.0 Å². The summed E-state index contributed by atoms with van der Waals surface area (Å²) >= 11 is 0. The minimum Gasteiger partial charge on any atom is -0.383 e. The Hall–Kier alpha value is -5.42. The van der Waals surface area contributed by atoms with Crippen LogP contribution in [0.25, 0.3) is 32.9 Å². The van der Waals surface area contributed by atoms with E-state index in [4.69, 9.17) is 5.73 Å². The first-order chi connectivity index (χ1) is 19.0. The first-order valence-electron chi connectivity index (χ1n) is 12.5. The molecule has 8 heteroatoms. The monoisotopic (exact) mass is 511 g/mol. The number of nitrogens with one attached hydrogen (secondary N) is 2. The van der Waals surface area contributed by atoms with Gasteiger partial charge in [0.25, 0.3) is 5.91 Å². The van der Waals surface area contributed by atoms with Crippen LogP contribution in [0.15, 0.2) is 85.5 Å². The number of rotatable bonds is 4. The van der Waals surface area contributed by atoms with E-state index in [9.17, 15) is 4.79 Å². The molecule has 1 atom stereocenters. The number of H-pyrrole nitrogens is 1. The van der Waals surface area contributed by atoms with Gasteiger partial charge in [0, 0.05) is 58.7 Å². The second-order valence-corrected chi connectivity index (χ2v) is 9.32. The Labute approximate surface area is 224 Å². The second kappa shape index (κ2) is 9.80. The molecule has 1 amide bonds. The van der Waals surface area contributed by atoms with E-state index in [0.29, 0.717) is 5.52 Å². The van der Waals surface area contributed by atoms with Crippen molar-refractivity contribution in [2.75, 3.05) is 5.73 Å². The highest BCUT2D eigenvalue weighted by Crippen LogP contribution is 2.37. The van der Waals surface area contributed by atoms with E-state index in [0.717, 1.165) is 44.2 Å². The minimum atomic E-state index is -0.391. The summed E-state index contributed by atoms with van der Waals surface area (Å²) in [6.07, 6.45) is 6.89. The van der Waals surface area contributed by atoms with Gasteiger partial charge in [0.05, 0.1) is 23.3 Å². The molecule has 6 aromatic rings. The molecule has 0 bridgehead atoms. The number of aromatic nitrogens is 5. The third kappa shape index (κ3) is 4.47. The van der Waals surface area contributed by atoms with Crippen LogP contribution in [0, 0.1) is 11.8 Å². The van der Waals surface area contributed by atoms with Crippen LogP contribution in [0.1, 0.15) is 40.1 Å². The van der Waals surface area contributed by atoms with Crippen molar-refractivity contribution in [2.45, 2.75) is 13.0 Å². The molecule has 4 N–H and O–H groups in total. The molecule has 0 aliphatic heterocycles. The van der Waals surface area contributed by atoms with Crippen molar-refractivity contribution < 1.29 is 4.79 Å². The molecule has 1 unspecified atom stereocenters. The summed E-state index contributed by atoms with van der Waals surface area (Å²) in [5, 5.41) is 9.07. The molecular weight excluding hydrogens is 486 g/mol. The second-order valence-electron chi connectivity index (χ2n) is 9.32. The fourth-order valence-electron chi connectivity index (χ4n) is 4.85. The van der Waals surface area contributed by atoms with E-state index in [2.05, 4.69) is 49.3 Å². The first-order valence-corrected chi connectivity index (χ1v) is 12.5. The standard InChI is InChI=1S/C31H25N7O/c1-19(36-31(39)27-29-23(11-7-15-33-29)17-34-30(27)32)28-26(21-8-4-3-5-9-21)25-22(10-6-12-24(25)37-28)14-13-20-16-35-38(2)18-20/h3-12,15-19,37H,1-2H3,(H2,32,34)(H,36,39). The molecular formula is C31H25N7O. The molecule has 0 aliphatic rings. The third-order valence-corrected chi connectivity index (χ3v) is 6.64. The molecule has 0 saturated heterocycles. The zero-order valence-electron chi connectivity index (χ0n) is 21.4. The minimum absolute atomic E-state index is 0.138. The van der Waals surface area contributed by atoms with Crippen LogP contribution >= 0.6 is 0 Å². The zero-order valence-corrected chi connectivity index (χ0v) is 21.4. The first kappa shape index (κ1) is 23.9. The van der Waals surface area contributed by atoms with E-state index in [1.165, 1.54) is 0 Å². The number of aryl methyl sites for hydroxylation is 1. The molecule has 6 rings (SSSR count). The van der Waals surface area contributed by atoms with Crippen LogP contribution in [-0.4, -0.2) is 30.6 Å². The highest BCUT2D eigenvalue weighted by atomic mass is 16.1. The van der Waals surface area contributed by atoms with Crippen molar-refractivity contribution in [2.24, 2.45) is 7.05 Å². The Balaban J connectivity index is 1.46. The quantitative estimate of drug-likeness (QED) is 0.289. The Kier molecular flexibility index (Phi) is 6.02. The molecule has 4 heterocycles. The third-order valence-electron chi connectivity index (χ3n) is 6.64. The van der Waals surface area contributed by atoms with Gasteiger partial charge in [-0.25, -0.2) is 4.98 Å². The number of aromatic amines is 1. The van der Waals surface area contributed by atoms with Gasteiger partial charge in [0.15, 0.2) is 0 Å². The lowest BCUT2D eigenvalue weighted by molar-refractivity contribution is 0.0941. The number of anilines is 1. The molecule has 190 valence electrons.